The van der Waals surface area contributed by atoms with Crippen LogP contribution in [0.1, 0.15) is 12.8 Å². The molecule has 0 saturated heterocycles. The summed E-state index contributed by atoms with van der Waals surface area (Å²) >= 11 is 3.19. The highest BCUT2D eigenvalue weighted by Crippen LogP contribution is 2.35. The lowest BCUT2D eigenvalue weighted by molar-refractivity contribution is 0.304. The number of hydrogen-bond donors (Lipinski definition) is 1. The molecule has 2 rings (SSSR count). The number of anilines is 1. The van der Waals surface area contributed by atoms with Crippen molar-refractivity contribution in [1.82, 2.24) is 4.98 Å². The predicted octanol–water partition coefficient (Wildman–Crippen LogP) is 1.76. The summed E-state index contributed by atoms with van der Waals surface area (Å²) in [7, 11) is -3.34. The molecule has 0 amide bonds. The average molecular weight is 307 g/mol. The van der Waals surface area contributed by atoms with Crippen LogP contribution in [0.5, 0.6) is 5.75 Å². The topological polar surface area (TPSA) is 68.3 Å². The summed E-state index contributed by atoms with van der Waals surface area (Å²) in [6.07, 6.45) is 4.88. The van der Waals surface area contributed by atoms with Gasteiger partial charge in [0.05, 0.1) is 12.4 Å². The molecular weight excluding hydrogens is 296 g/mol. The molecule has 0 aliphatic heterocycles. The van der Waals surface area contributed by atoms with Crippen molar-refractivity contribution in [2.75, 3.05) is 11.0 Å². The number of pyridine rings is 1. The molecule has 0 spiro atoms. The van der Waals surface area contributed by atoms with Crippen molar-refractivity contribution in [2.24, 2.45) is 0 Å². The smallest absolute Gasteiger partial charge is 0.230 e. The Labute approximate surface area is 102 Å². The zero-order valence-electron chi connectivity index (χ0n) is 8.60. The molecular formula is C9H11BrN2O3S. The lowest BCUT2D eigenvalue weighted by Crippen LogP contribution is -2.12. The van der Waals surface area contributed by atoms with Gasteiger partial charge in [-0.15, -0.1) is 0 Å². The van der Waals surface area contributed by atoms with Crippen molar-refractivity contribution in [1.29, 1.82) is 0 Å². The van der Waals surface area contributed by atoms with E-state index in [9.17, 15) is 8.42 Å². The van der Waals surface area contributed by atoms with Crippen LogP contribution in [0.15, 0.2) is 16.9 Å². The Morgan fingerprint density at radius 1 is 1.56 bits per heavy atom. The quantitative estimate of drug-likeness (QED) is 0.861. The normalized spacial score (nSPS) is 15.9. The van der Waals surface area contributed by atoms with Gasteiger partial charge >= 0.3 is 0 Å². The van der Waals surface area contributed by atoms with E-state index in [1.807, 2.05) is 0 Å². The molecule has 1 aliphatic carbocycles. The molecule has 88 valence electrons. The van der Waals surface area contributed by atoms with Gasteiger partial charge in [0.2, 0.25) is 10.0 Å². The van der Waals surface area contributed by atoms with Crippen LogP contribution in [0.4, 0.5) is 5.69 Å². The Morgan fingerprint density at radius 2 is 2.25 bits per heavy atom. The molecule has 16 heavy (non-hydrogen) atoms. The first-order valence-electron chi connectivity index (χ1n) is 4.74. The van der Waals surface area contributed by atoms with Gasteiger partial charge < -0.3 is 4.74 Å². The summed E-state index contributed by atoms with van der Waals surface area (Å²) in [6, 6.07) is 1.65. The lowest BCUT2D eigenvalue weighted by atomic mass is 10.4. The molecule has 1 aliphatic rings. The van der Waals surface area contributed by atoms with Gasteiger partial charge in [0, 0.05) is 12.3 Å². The van der Waals surface area contributed by atoms with E-state index in [4.69, 9.17) is 4.74 Å². The first-order valence-corrected chi connectivity index (χ1v) is 7.43. The molecule has 1 saturated carbocycles. The molecule has 5 nitrogen and oxygen atoms in total. The molecule has 1 N–H and O–H groups in total. The average Bonchev–Trinajstić information content (AvgIpc) is 2.93. The highest BCUT2D eigenvalue weighted by atomic mass is 79.9. The Balaban J connectivity index is 2.31. The van der Waals surface area contributed by atoms with E-state index in [1.165, 1.54) is 0 Å². The fourth-order valence-electron chi connectivity index (χ4n) is 1.16. The van der Waals surface area contributed by atoms with Crippen molar-refractivity contribution in [2.45, 2.75) is 18.9 Å². The zero-order valence-corrected chi connectivity index (χ0v) is 11.0. The van der Waals surface area contributed by atoms with Gasteiger partial charge in [-0.1, -0.05) is 0 Å². The molecule has 1 aromatic heterocycles. The minimum absolute atomic E-state index is 0.203. The van der Waals surface area contributed by atoms with Gasteiger partial charge in [-0.3, -0.25) is 4.72 Å². The Hall–Kier alpha value is -0.820. The molecule has 1 fully saturated rings. The number of ether oxygens (including phenoxy) is 1. The van der Waals surface area contributed by atoms with E-state index in [0.717, 1.165) is 19.1 Å². The van der Waals surface area contributed by atoms with Gasteiger partial charge in [-0.25, -0.2) is 13.4 Å². The van der Waals surface area contributed by atoms with E-state index in [-0.39, 0.29) is 6.10 Å². The first kappa shape index (κ1) is 11.7. The van der Waals surface area contributed by atoms with Crippen LogP contribution < -0.4 is 9.46 Å². The van der Waals surface area contributed by atoms with E-state index in [0.29, 0.717) is 16.0 Å². The summed E-state index contributed by atoms with van der Waals surface area (Å²) < 4.78 is 30.8. The number of nitrogens with one attached hydrogen (secondary N) is 1. The molecule has 0 radical (unpaired) electrons. The molecule has 0 atom stereocenters. The Bertz CT molecular complexity index is 499. The summed E-state index contributed by atoms with van der Waals surface area (Å²) in [4.78, 5) is 3.96. The van der Waals surface area contributed by atoms with Crippen molar-refractivity contribution in [3.05, 3.63) is 16.9 Å². The third-order valence-corrected chi connectivity index (χ3v) is 3.15. The maximum absolute atomic E-state index is 11.2. The maximum Gasteiger partial charge on any atom is 0.230 e. The molecule has 1 aromatic rings. The van der Waals surface area contributed by atoms with Crippen molar-refractivity contribution >= 4 is 31.6 Å². The van der Waals surface area contributed by atoms with Crippen LogP contribution in [0.25, 0.3) is 0 Å². The zero-order chi connectivity index (χ0) is 11.8. The largest absolute Gasteiger partial charge is 0.488 e. The number of hydrogen-bond acceptors (Lipinski definition) is 4. The van der Waals surface area contributed by atoms with E-state index in [1.54, 1.807) is 12.3 Å². The van der Waals surface area contributed by atoms with Crippen LogP contribution in [-0.4, -0.2) is 25.8 Å². The molecule has 1 heterocycles. The van der Waals surface area contributed by atoms with Crippen LogP contribution in [-0.2, 0) is 10.0 Å². The second kappa shape index (κ2) is 4.21. The van der Waals surface area contributed by atoms with Gasteiger partial charge in [-0.2, -0.15) is 0 Å². The van der Waals surface area contributed by atoms with Crippen molar-refractivity contribution < 1.29 is 13.2 Å². The predicted molar refractivity (Wildman–Crippen MR) is 64.1 cm³/mol. The first-order chi connectivity index (χ1) is 7.46. The molecule has 0 bridgehead atoms. The SMILES string of the molecule is CS(=O)(=O)Nc1c(OC2CC2)ccnc1Br. The van der Waals surface area contributed by atoms with Gasteiger partial charge in [-0.05, 0) is 28.8 Å². The Morgan fingerprint density at radius 3 is 2.81 bits per heavy atom. The van der Waals surface area contributed by atoms with Crippen molar-refractivity contribution in [3.63, 3.8) is 0 Å². The summed E-state index contributed by atoms with van der Waals surface area (Å²) in [6.45, 7) is 0. The summed E-state index contributed by atoms with van der Waals surface area (Å²) in [5.74, 6) is 0.509. The Kier molecular flexibility index (Phi) is 3.07. The lowest BCUT2D eigenvalue weighted by Gasteiger charge is -2.12. The molecule has 7 heteroatoms. The highest BCUT2D eigenvalue weighted by Gasteiger charge is 2.25. The standard InChI is InChI=1S/C9H11BrN2O3S/c1-16(13,14)12-8-7(15-6-2-3-6)4-5-11-9(8)10/h4-6,12H,2-3H2,1H3. The second-order valence-corrected chi connectivity index (χ2v) is 6.17. The van der Waals surface area contributed by atoms with E-state index < -0.39 is 10.0 Å². The third-order valence-electron chi connectivity index (χ3n) is 1.97. The minimum Gasteiger partial charge on any atom is -0.488 e. The number of nitrogens with zero attached hydrogens (tertiary/aromatic N) is 1. The monoisotopic (exact) mass is 306 g/mol. The minimum atomic E-state index is -3.34. The fourth-order valence-corrected chi connectivity index (χ4v) is 2.27. The van der Waals surface area contributed by atoms with Gasteiger partial charge in [0.15, 0.2) is 0 Å². The highest BCUT2D eigenvalue weighted by molar-refractivity contribution is 9.10. The fraction of sp³-hybridized carbons (Fsp3) is 0.444. The van der Waals surface area contributed by atoms with Crippen LogP contribution in [0.3, 0.4) is 0 Å². The summed E-state index contributed by atoms with van der Waals surface area (Å²) in [5, 5.41) is 0. The van der Waals surface area contributed by atoms with E-state index >= 15 is 0 Å². The summed E-state index contributed by atoms with van der Waals surface area (Å²) in [5.41, 5.74) is 0.358. The van der Waals surface area contributed by atoms with Crippen LogP contribution in [0.2, 0.25) is 0 Å². The van der Waals surface area contributed by atoms with Crippen LogP contribution in [0, 0.1) is 0 Å². The maximum atomic E-state index is 11.2. The van der Waals surface area contributed by atoms with Crippen LogP contribution >= 0.6 is 15.9 Å². The number of aromatic nitrogens is 1. The molecule has 0 unspecified atom stereocenters. The van der Waals surface area contributed by atoms with E-state index in [2.05, 4.69) is 25.6 Å². The molecule has 0 aromatic carbocycles. The third kappa shape index (κ3) is 3.08. The van der Waals surface area contributed by atoms with Gasteiger partial charge in [0.1, 0.15) is 16.0 Å². The number of sulfonamides is 1. The second-order valence-electron chi connectivity index (χ2n) is 3.67. The number of halogens is 1. The van der Waals surface area contributed by atoms with Gasteiger partial charge in [0.25, 0.3) is 0 Å². The number of rotatable bonds is 4. The van der Waals surface area contributed by atoms with Crippen molar-refractivity contribution in [3.8, 4) is 5.75 Å².